The molecule has 1 saturated heterocycles. The average molecular weight is 353 g/mol. The van der Waals surface area contributed by atoms with Gasteiger partial charge in [0.15, 0.2) is 0 Å². The summed E-state index contributed by atoms with van der Waals surface area (Å²) in [4.78, 5) is 12.9. The second-order valence-corrected chi connectivity index (χ2v) is 7.87. The Balaban J connectivity index is 2.15. The van der Waals surface area contributed by atoms with Crippen molar-refractivity contribution in [3.63, 3.8) is 0 Å². The Morgan fingerprint density at radius 1 is 1.33 bits per heavy atom. The zero-order chi connectivity index (χ0) is 13.3. The fourth-order valence-electron chi connectivity index (χ4n) is 1.82. The van der Waals surface area contributed by atoms with Crippen LogP contribution in [0.3, 0.4) is 0 Å². The van der Waals surface area contributed by atoms with Crippen LogP contribution in [-0.4, -0.2) is 49.7 Å². The predicted octanol–water partition coefficient (Wildman–Crippen LogP) is 1.36. The van der Waals surface area contributed by atoms with Gasteiger partial charge in [0.2, 0.25) is 5.91 Å². The van der Waals surface area contributed by atoms with E-state index < -0.39 is 10.0 Å². The number of hydrogen-bond acceptors (Lipinski definition) is 4. The lowest BCUT2D eigenvalue weighted by atomic mass is 10.3. The number of carbonyl (C=O) groups is 1. The standard InChI is InChI=1S/C10H13BrN2O3S2/c1-8(14)12-3-5-13(6-4-12)18(15,16)10-9(11)2-7-17-10/h2,7H,3-6H2,1H3. The number of hydrogen-bond donors (Lipinski definition) is 0. The maximum Gasteiger partial charge on any atom is 0.253 e. The summed E-state index contributed by atoms with van der Waals surface area (Å²) in [7, 11) is -3.43. The minimum absolute atomic E-state index is 0.00986. The van der Waals surface area contributed by atoms with Crippen LogP contribution in [0.4, 0.5) is 0 Å². The van der Waals surface area contributed by atoms with Gasteiger partial charge in [0.1, 0.15) is 4.21 Å². The number of amides is 1. The molecule has 2 heterocycles. The molecule has 0 aliphatic carbocycles. The van der Waals surface area contributed by atoms with Gasteiger partial charge in [-0.15, -0.1) is 11.3 Å². The van der Waals surface area contributed by atoms with E-state index in [9.17, 15) is 13.2 Å². The minimum atomic E-state index is -3.43. The fraction of sp³-hybridized carbons (Fsp3) is 0.500. The number of rotatable bonds is 2. The number of halogens is 1. The van der Waals surface area contributed by atoms with Crippen molar-refractivity contribution in [2.45, 2.75) is 11.1 Å². The van der Waals surface area contributed by atoms with Gasteiger partial charge in [-0.2, -0.15) is 4.31 Å². The van der Waals surface area contributed by atoms with Crippen LogP contribution in [0.5, 0.6) is 0 Å². The highest BCUT2D eigenvalue weighted by Gasteiger charge is 2.31. The summed E-state index contributed by atoms with van der Waals surface area (Å²) in [6.45, 7) is 3.12. The molecule has 18 heavy (non-hydrogen) atoms. The Hall–Kier alpha value is -0.440. The predicted molar refractivity (Wildman–Crippen MR) is 73.0 cm³/mol. The number of carbonyl (C=O) groups excluding carboxylic acids is 1. The zero-order valence-corrected chi connectivity index (χ0v) is 13.0. The molecule has 0 saturated carbocycles. The summed E-state index contributed by atoms with van der Waals surface area (Å²) in [6.07, 6.45) is 0. The Bertz CT molecular complexity index is 547. The van der Waals surface area contributed by atoms with E-state index in [0.717, 1.165) is 0 Å². The summed E-state index contributed by atoms with van der Waals surface area (Å²) in [5, 5.41) is 1.74. The van der Waals surface area contributed by atoms with Gasteiger partial charge >= 0.3 is 0 Å². The molecule has 0 N–H and O–H groups in total. The molecule has 1 aromatic rings. The molecule has 1 aliphatic heterocycles. The van der Waals surface area contributed by atoms with Crippen molar-refractivity contribution in [1.82, 2.24) is 9.21 Å². The molecule has 100 valence electrons. The molecule has 0 spiro atoms. The van der Waals surface area contributed by atoms with Crippen molar-refractivity contribution < 1.29 is 13.2 Å². The molecule has 1 amide bonds. The molecule has 8 heteroatoms. The van der Waals surface area contributed by atoms with Crippen LogP contribution < -0.4 is 0 Å². The van der Waals surface area contributed by atoms with E-state index in [1.54, 1.807) is 16.3 Å². The van der Waals surface area contributed by atoms with Gasteiger partial charge in [-0.05, 0) is 27.4 Å². The van der Waals surface area contributed by atoms with Gasteiger partial charge in [-0.1, -0.05) is 0 Å². The highest BCUT2D eigenvalue weighted by molar-refractivity contribution is 9.10. The van der Waals surface area contributed by atoms with Crippen LogP contribution in [-0.2, 0) is 14.8 Å². The van der Waals surface area contributed by atoms with Crippen LogP contribution >= 0.6 is 27.3 Å². The molecule has 0 atom stereocenters. The molecule has 1 fully saturated rings. The summed E-state index contributed by atoms with van der Waals surface area (Å²) in [5.74, 6) is -0.00986. The third kappa shape index (κ3) is 2.61. The quantitative estimate of drug-likeness (QED) is 0.807. The Labute approximate surface area is 119 Å². The van der Waals surface area contributed by atoms with Crippen molar-refractivity contribution in [3.8, 4) is 0 Å². The third-order valence-electron chi connectivity index (χ3n) is 2.84. The van der Waals surface area contributed by atoms with Gasteiger partial charge in [0, 0.05) is 37.6 Å². The SMILES string of the molecule is CC(=O)N1CCN(S(=O)(=O)c2sccc2Br)CC1. The molecule has 5 nitrogen and oxygen atoms in total. The van der Waals surface area contributed by atoms with Crippen LogP contribution in [0.1, 0.15) is 6.92 Å². The fourth-order valence-corrected chi connectivity index (χ4v) is 5.70. The van der Waals surface area contributed by atoms with E-state index in [0.29, 0.717) is 34.9 Å². The minimum Gasteiger partial charge on any atom is -0.340 e. The Morgan fingerprint density at radius 3 is 2.39 bits per heavy atom. The molecule has 1 aliphatic rings. The lowest BCUT2D eigenvalue weighted by Crippen LogP contribution is -2.49. The summed E-state index contributed by atoms with van der Waals surface area (Å²) in [5.41, 5.74) is 0. The second kappa shape index (κ2) is 5.28. The van der Waals surface area contributed by atoms with Crippen LogP contribution in [0.15, 0.2) is 20.1 Å². The maximum absolute atomic E-state index is 12.3. The van der Waals surface area contributed by atoms with Crippen molar-refractivity contribution >= 4 is 43.2 Å². The van der Waals surface area contributed by atoms with Crippen molar-refractivity contribution in [3.05, 3.63) is 15.9 Å². The average Bonchev–Trinajstić information content (AvgIpc) is 2.76. The molecule has 2 rings (SSSR count). The highest BCUT2D eigenvalue weighted by Crippen LogP contribution is 2.30. The van der Waals surface area contributed by atoms with E-state index in [1.807, 2.05) is 0 Å². The van der Waals surface area contributed by atoms with Gasteiger partial charge < -0.3 is 4.90 Å². The van der Waals surface area contributed by atoms with Crippen molar-refractivity contribution in [2.75, 3.05) is 26.2 Å². The number of piperazine rings is 1. The third-order valence-corrected chi connectivity index (χ3v) is 7.39. The molecule has 0 aromatic carbocycles. The Morgan fingerprint density at radius 2 is 1.94 bits per heavy atom. The maximum atomic E-state index is 12.3. The number of sulfonamides is 1. The first-order valence-corrected chi connectivity index (χ1v) is 8.53. The van der Waals surface area contributed by atoms with E-state index in [1.165, 1.54) is 22.6 Å². The Kier molecular flexibility index (Phi) is 4.10. The van der Waals surface area contributed by atoms with Crippen LogP contribution in [0.2, 0.25) is 0 Å². The zero-order valence-electron chi connectivity index (χ0n) is 9.80. The topological polar surface area (TPSA) is 57.7 Å². The lowest BCUT2D eigenvalue weighted by Gasteiger charge is -2.33. The monoisotopic (exact) mass is 352 g/mol. The van der Waals surface area contributed by atoms with Crippen LogP contribution in [0, 0.1) is 0 Å². The molecule has 1 aromatic heterocycles. The normalized spacial score (nSPS) is 18.0. The largest absolute Gasteiger partial charge is 0.340 e. The molecular weight excluding hydrogens is 340 g/mol. The summed E-state index contributed by atoms with van der Waals surface area (Å²) >= 11 is 4.44. The second-order valence-electron chi connectivity index (χ2n) is 3.97. The molecule has 0 bridgehead atoms. The van der Waals surface area contributed by atoms with Gasteiger partial charge in [0.05, 0.1) is 0 Å². The molecular formula is C10H13BrN2O3S2. The summed E-state index contributed by atoms with van der Waals surface area (Å²) < 4.78 is 27.1. The van der Waals surface area contributed by atoms with E-state index in [4.69, 9.17) is 0 Å². The first kappa shape index (κ1) is 14.0. The first-order chi connectivity index (χ1) is 8.43. The highest BCUT2D eigenvalue weighted by atomic mass is 79.9. The van der Waals surface area contributed by atoms with E-state index >= 15 is 0 Å². The van der Waals surface area contributed by atoms with Gasteiger partial charge in [-0.25, -0.2) is 8.42 Å². The van der Waals surface area contributed by atoms with E-state index in [2.05, 4.69) is 15.9 Å². The van der Waals surface area contributed by atoms with E-state index in [-0.39, 0.29) is 5.91 Å². The molecule has 0 unspecified atom stereocenters. The smallest absolute Gasteiger partial charge is 0.253 e. The first-order valence-electron chi connectivity index (χ1n) is 5.41. The van der Waals surface area contributed by atoms with Gasteiger partial charge in [-0.3, -0.25) is 4.79 Å². The van der Waals surface area contributed by atoms with Gasteiger partial charge in [0.25, 0.3) is 10.0 Å². The molecule has 0 radical (unpaired) electrons. The number of thiophene rings is 1. The van der Waals surface area contributed by atoms with Crippen molar-refractivity contribution in [1.29, 1.82) is 0 Å². The van der Waals surface area contributed by atoms with Crippen molar-refractivity contribution in [2.24, 2.45) is 0 Å². The number of nitrogens with zero attached hydrogens (tertiary/aromatic N) is 2. The summed E-state index contributed by atoms with van der Waals surface area (Å²) in [6, 6.07) is 1.73. The lowest BCUT2D eigenvalue weighted by molar-refractivity contribution is -0.129. The van der Waals surface area contributed by atoms with Crippen LogP contribution in [0.25, 0.3) is 0 Å².